The predicted octanol–water partition coefficient (Wildman–Crippen LogP) is 5.39. The molecule has 118 valence electrons. The lowest BCUT2D eigenvalue weighted by Gasteiger charge is -2.07. The van der Waals surface area contributed by atoms with E-state index in [9.17, 15) is 0 Å². The van der Waals surface area contributed by atoms with Crippen LogP contribution in [-0.2, 0) is 4.74 Å². The minimum atomic E-state index is 0.632. The highest BCUT2D eigenvalue weighted by Crippen LogP contribution is 2.09. The minimum Gasteiger partial charge on any atom is -0.491 e. The van der Waals surface area contributed by atoms with Crippen LogP contribution >= 0.6 is 0 Å². The van der Waals surface area contributed by atoms with Crippen molar-refractivity contribution in [2.75, 3.05) is 19.8 Å². The molecule has 0 spiro atoms. The predicted molar refractivity (Wildman–Crippen MR) is 89.9 cm³/mol. The van der Waals surface area contributed by atoms with Crippen LogP contribution in [0.1, 0.15) is 51.4 Å². The Morgan fingerprint density at radius 3 is 2.14 bits per heavy atom. The van der Waals surface area contributed by atoms with Gasteiger partial charge in [-0.2, -0.15) is 0 Å². The van der Waals surface area contributed by atoms with Gasteiger partial charge in [0, 0.05) is 6.61 Å². The van der Waals surface area contributed by atoms with Crippen molar-refractivity contribution in [1.82, 2.24) is 0 Å². The Labute approximate surface area is 130 Å². The van der Waals surface area contributed by atoms with Crippen molar-refractivity contribution in [1.29, 1.82) is 0 Å². The summed E-state index contributed by atoms with van der Waals surface area (Å²) >= 11 is 0. The van der Waals surface area contributed by atoms with Gasteiger partial charge in [0.05, 0.1) is 6.61 Å². The topological polar surface area (TPSA) is 18.5 Å². The molecule has 2 nitrogen and oxygen atoms in total. The average Bonchev–Trinajstić information content (AvgIpc) is 2.53. The van der Waals surface area contributed by atoms with Gasteiger partial charge in [0.25, 0.3) is 0 Å². The maximum absolute atomic E-state index is 5.58. The summed E-state index contributed by atoms with van der Waals surface area (Å²) in [5.41, 5.74) is 0. The molecule has 0 unspecified atom stereocenters. The van der Waals surface area contributed by atoms with Crippen LogP contribution in [0.5, 0.6) is 5.75 Å². The zero-order valence-electron chi connectivity index (χ0n) is 13.3. The first-order chi connectivity index (χ1) is 10.4. The van der Waals surface area contributed by atoms with Crippen molar-refractivity contribution in [2.45, 2.75) is 51.4 Å². The van der Waals surface area contributed by atoms with E-state index in [-0.39, 0.29) is 0 Å². The van der Waals surface area contributed by atoms with Crippen molar-refractivity contribution in [3.05, 3.63) is 43.0 Å². The Balaban J connectivity index is 1.76. The maximum Gasteiger partial charge on any atom is 0.119 e. The summed E-state index contributed by atoms with van der Waals surface area (Å²) in [7, 11) is 0. The first-order valence-electron chi connectivity index (χ1n) is 8.30. The zero-order valence-corrected chi connectivity index (χ0v) is 13.3. The van der Waals surface area contributed by atoms with Gasteiger partial charge >= 0.3 is 0 Å². The molecule has 0 saturated heterocycles. The summed E-state index contributed by atoms with van der Waals surface area (Å²) in [5.74, 6) is 0.914. The van der Waals surface area contributed by atoms with Gasteiger partial charge in [-0.15, -0.1) is 6.58 Å². The lowest BCUT2D eigenvalue weighted by Crippen LogP contribution is -2.07. The second-order valence-corrected chi connectivity index (χ2v) is 5.33. The van der Waals surface area contributed by atoms with Crippen LogP contribution in [0.25, 0.3) is 0 Å². The van der Waals surface area contributed by atoms with Gasteiger partial charge in [0.2, 0.25) is 0 Å². The summed E-state index contributed by atoms with van der Waals surface area (Å²) in [4.78, 5) is 0. The molecule has 0 bridgehead atoms. The van der Waals surface area contributed by atoms with E-state index >= 15 is 0 Å². The van der Waals surface area contributed by atoms with E-state index < -0.39 is 0 Å². The summed E-state index contributed by atoms with van der Waals surface area (Å²) in [6.45, 7) is 5.91. The Kier molecular flexibility index (Phi) is 11.6. The molecule has 0 aliphatic heterocycles. The first kappa shape index (κ1) is 17.8. The van der Waals surface area contributed by atoms with E-state index in [2.05, 4.69) is 6.58 Å². The van der Waals surface area contributed by atoms with Crippen LogP contribution in [0.2, 0.25) is 0 Å². The SMILES string of the molecule is C=CCCCCCCCCCOCCOc1ccccc1. The number of rotatable bonds is 14. The first-order valence-corrected chi connectivity index (χ1v) is 8.30. The standard InChI is InChI=1S/C19H30O2/c1-2-3-4-5-6-7-8-9-13-16-20-17-18-21-19-14-11-10-12-15-19/h2,10-12,14-15H,1,3-9,13,16-18H2. The fourth-order valence-electron chi connectivity index (χ4n) is 2.21. The normalized spacial score (nSPS) is 10.5. The zero-order chi connectivity index (χ0) is 15.0. The molecular weight excluding hydrogens is 260 g/mol. The van der Waals surface area contributed by atoms with Crippen LogP contribution in [0.4, 0.5) is 0 Å². The average molecular weight is 290 g/mol. The monoisotopic (exact) mass is 290 g/mol. The van der Waals surface area contributed by atoms with E-state index in [4.69, 9.17) is 9.47 Å². The molecule has 0 fully saturated rings. The van der Waals surface area contributed by atoms with Crippen LogP contribution in [0.15, 0.2) is 43.0 Å². The summed E-state index contributed by atoms with van der Waals surface area (Å²) in [5, 5.41) is 0. The molecule has 0 heterocycles. The molecule has 0 aliphatic carbocycles. The molecule has 0 aromatic heterocycles. The summed E-state index contributed by atoms with van der Waals surface area (Å²) in [6.07, 6.45) is 12.3. The third-order valence-electron chi connectivity index (χ3n) is 3.44. The third-order valence-corrected chi connectivity index (χ3v) is 3.44. The van der Waals surface area contributed by atoms with Crippen molar-refractivity contribution in [2.24, 2.45) is 0 Å². The molecule has 1 aromatic rings. The lowest BCUT2D eigenvalue weighted by atomic mass is 10.1. The molecular formula is C19H30O2. The van der Waals surface area contributed by atoms with Crippen LogP contribution in [-0.4, -0.2) is 19.8 Å². The maximum atomic E-state index is 5.58. The minimum absolute atomic E-state index is 0.632. The number of allylic oxidation sites excluding steroid dienone is 1. The van der Waals surface area contributed by atoms with E-state index in [1.54, 1.807) is 0 Å². The fraction of sp³-hybridized carbons (Fsp3) is 0.579. The van der Waals surface area contributed by atoms with E-state index in [0.29, 0.717) is 13.2 Å². The highest BCUT2D eigenvalue weighted by molar-refractivity contribution is 5.20. The third kappa shape index (κ3) is 11.1. The van der Waals surface area contributed by atoms with Crippen molar-refractivity contribution in [3.8, 4) is 5.75 Å². The number of ether oxygens (including phenoxy) is 2. The highest BCUT2D eigenvalue weighted by atomic mass is 16.5. The van der Waals surface area contributed by atoms with E-state index in [1.807, 2.05) is 36.4 Å². The Morgan fingerprint density at radius 2 is 1.43 bits per heavy atom. The number of unbranched alkanes of at least 4 members (excludes halogenated alkanes) is 7. The van der Waals surface area contributed by atoms with Gasteiger partial charge in [-0.1, -0.05) is 56.4 Å². The van der Waals surface area contributed by atoms with Crippen LogP contribution in [0, 0.1) is 0 Å². The van der Waals surface area contributed by atoms with Crippen molar-refractivity contribution >= 4 is 0 Å². The van der Waals surface area contributed by atoms with Crippen molar-refractivity contribution < 1.29 is 9.47 Å². The Morgan fingerprint density at radius 1 is 0.762 bits per heavy atom. The molecule has 2 heteroatoms. The molecule has 21 heavy (non-hydrogen) atoms. The summed E-state index contributed by atoms with van der Waals surface area (Å²) in [6, 6.07) is 9.88. The quantitative estimate of drug-likeness (QED) is 0.338. The number of para-hydroxylation sites is 1. The fourth-order valence-corrected chi connectivity index (χ4v) is 2.21. The largest absolute Gasteiger partial charge is 0.491 e. The number of hydrogen-bond donors (Lipinski definition) is 0. The Hall–Kier alpha value is -1.28. The molecule has 0 radical (unpaired) electrons. The van der Waals surface area contributed by atoms with Crippen molar-refractivity contribution in [3.63, 3.8) is 0 Å². The molecule has 1 rings (SSSR count). The van der Waals surface area contributed by atoms with Gasteiger partial charge in [-0.25, -0.2) is 0 Å². The van der Waals surface area contributed by atoms with Gasteiger partial charge in [-0.3, -0.25) is 0 Å². The Bertz CT molecular complexity index is 335. The molecule has 0 saturated carbocycles. The smallest absolute Gasteiger partial charge is 0.119 e. The van der Waals surface area contributed by atoms with Crippen LogP contribution < -0.4 is 4.74 Å². The number of hydrogen-bond acceptors (Lipinski definition) is 2. The van der Waals surface area contributed by atoms with Gasteiger partial charge in [0.15, 0.2) is 0 Å². The molecule has 1 aromatic carbocycles. The van der Waals surface area contributed by atoms with E-state index in [1.165, 1.54) is 44.9 Å². The highest BCUT2D eigenvalue weighted by Gasteiger charge is 1.94. The molecule has 0 atom stereocenters. The van der Waals surface area contributed by atoms with Crippen LogP contribution in [0.3, 0.4) is 0 Å². The summed E-state index contributed by atoms with van der Waals surface area (Å²) < 4.78 is 11.1. The van der Waals surface area contributed by atoms with Gasteiger partial charge < -0.3 is 9.47 Å². The molecule has 0 amide bonds. The lowest BCUT2D eigenvalue weighted by molar-refractivity contribution is 0.0970. The second kappa shape index (κ2) is 13.7. The van der Waals surface area contributed by atoms with E-state index in [0.717, 1.165) is 18.8 Å². The number of benzene rings is 1. The van der Waals surface area contributed by atoms with Gasteiger partial charge in [0.1, 0.15) is 12.4 Å². The molecule has 0 N–H and O–H groups in total. The van der Waals surface area contributed by atoms with Gasteiger partial charge in [-0.05, 0) is 31.4 Å². The molecule has 0 aliphatic rings. The second-order valence-electron chi connectivity index (χ2n) is 5.33.